The summed E-state index contributed by atoms with van der Waals surface area (Å²) < 4.78 is 4.94. The molecule has 20 heavy (non-hydrogen) atoms. The number of ether oxygens (including phenoxy) is 1. The lowest BCUT2D eigenvalue weighted by molar-refractivity contribution is 0.181. The van der Waals surface area contributed by atoms with E-state index in [9.17, 15) is 4.79 Å². The SMILES string of the molecule is O=C1OCCN1c1cccc(NCc2cncnc2)c1. The van der Waals surface area contributed by atoms with Crippen LogP contribution in [0, 0.1) is 0 Å². The standard InChI is InChI=1S/C14H14N4O2/c19-14-18(4-5-20-14)13-3-1-2-12(6-13)17-9-11-7-15-10-16-8-11/h1-3,6-8,10,17H,4-5,9H2. The molecule has 1 saturated heterocycles. The van der Waals surface area contributed by atoms with E-state index < -0.39 is 0 Å². The summed E-state index contributed by atoms with van der Waals surface area (Å²) in [5.74, 6) is 0. The Morgan fingerprint density at radius 2 is 2.15 bits per heavy atom. The molecule has 2 heterocycles. The highest BCUT2D eigenvalue weighted by Crippen LogP contribution is 2.22. The molecule has 3 rings (SSSR count). The Morgan fingerprint density at radius 3 is 2.90 bits per heavy atom. The lowest BCUT2D eigenvalue weighted by atomic mass is 10.2. The number of aromatic nitrogens is 2. The van der Waals surface area contributed by atoms with Crippen LogP contribution in [0.15, 0.2) is 43.0 Å². The summed E-state index contributed by atoms with van der Waals surface area (Å²) in [7, 11) is 0. The predicted octanol–water partition coefficient (Wildman–Crippen LogP) is 2.05. The van der Waals surface area contributed by atoms with Crippen LogP contribution in [0.2, 0.25) is 0 Å². The molecule has 0 radical (unpaired) electrons. The minimum atomic E-state index is -0.293. The Bertz CT molecular complexity index is 603. The van der Waals surface area contributed by atoms with Crippen molar-refractivity contribution in [3.05, 3.63) is 48.5 Å². The maximum Gasteiger partial charge on any atom is 0.414 e. The van der Waals surface area contributed by atoms with Gasteiger partial charge in [0.1, 0.15) is 12.9 Å². The Hall–Kier alpha value is -2.63. The summed E-state index contributed by atoms with van der Waals surface area (Å²) in [5.41, 5.74) is 2.77. The number of rotatable bonds is 4. The fourth-order valence-corrected chi connectivity index (χ4v) is 2.04. The first kappa shape index (κ1) is 12.4. The monoisotopic (exact) mass is 270 g/mol. The maximum atomic E-state index is 11.5. The molecule has 1 aromatic carbocycles. The molecule has 0 atom stereocenters. The van der Waals surface area contributed by atoms with E-state index in [1.807, 2.05) is 24.3 Å². The van der Waals surface area contributed by atoms with Crippen molar-refractivity contribution in [2.24, 2.45) is 0 Å². The first-order valence-electron chi connectivity index (χ1n) is 6.35. The van der Waals surface area contributed by atoms with E-state index in [1.54, 1.807) is 17.3 Å². The van der Waals surface area contributed by atoms with Crippen LogP contribution in [0.4, 0.5) is 16.2 Å². The van der Waals surface area contributed by atoms with Crippen LogP contribution in [0.1, 0.15) is 5.56 Å². The van der Waals surface area contributed by atoms with Crippen LogP contribution in [0.5, 0.6) is 0 Å². The zero-order chi connectivity index (χ0) is 13.8. The first-order valence-corrected chi connectivity index (χ1v) is 6.35. The molecular formula is C14H14N4O2. The Balaban J connectivity index is 1.70. The fraction of sp³-hybridized carbons (Fsp3) is 0.214. The van der Waals surface area contributed by atoms with Crippen molar-refractivity contribution < 1.29 is 9.53 Å². The summed E-state index contributed by atoms with van der Waals surface area (Å²) in [5, 5.41) is 3.28. The number of carbonyl (C=O) groups excluding carboxylic acids is 1. The molecule has 1 aromatic heterocycles. The highest BCUT2D eigenvalue weighted by Gasteiger charge is 2.23. The summed E-state index contributed by atoms with van der Waals surface area (Å²) >= 11 is 0. The lowest BCUT2D eigenvalue weighted by Crippen LogP contribution is -2.23. The highest BCUT2D eigenvalue weighted by atomic mass is 16.6. The number of nitrogens with one attached hydrogen (secondary N) is 1. The molecule has 1 aliphatic heterocycles. The molecule has 6 nitrogen and oxygen atoms in total. The van der Waals surface area contributed by atoms with E-state index >= 15 is 0 Å². The van der Waals surface area contributed by atoms with Crippen LogP contribution in [0.25, 0.3) is 0 Å². The van der Waals surface area contributed by atoms with E-state index in [1.165, 1.54) is 6.33 Å². The maximum absolute atomic E-state index is 11.5. The normalized spacial score (nSPS) is 14.2. The number of benzene rings is 1. The van der Waals surface area contributed by atoms with E-state index in [4.69, 9.17) is 4.74 Å². The molecule has 1 N–H and O–H groups in total. The molecule has 0 saturated carbocycles. The van der Waals surface area contributed by atoms with Gasteiger partial charge in [0.05, 0.1) is 6.54 Å². The van der Waals surface area contributed by atoms with Crippen LogP contribution >= 0.6 is 0 Å². The summed E-state index contributed by atoms with van der Waals surface area (Å²) in [6.45, 7) is 1.67. The van der Waals surface area contributed by atoms with Crippen molar-refractivity contribution in [2.75, 3.05) is 23.4 Å². The number of hydrogen-bond acceptors (Lipinski definition) is 5. The first-order chi connectivity index (χ1) is 9.83. The predicted molar refractivity (Wildman–Crippen MR) is 74.5 cm³/mol. The van der Waals surface area contributed by atoms with Gasteiger partial charge in [-0.1, -0.05) is 6.07 Å². The molecule has 0 bridgehead atoms. The average molecular weight is 270 g/mol. The van der Waals surface area contributed by atoms with Gasteiger partial charge in [-0.05, 0) is 18.2 Å². The number of nitrogens with zero attached hydrogens (tertiary/aromatic N) is 3. The lowest BCUT2D eigenvalue weighted by Gasteiger charge is -2.14. The third-order valence-corrected chi connectivity index (χ3v) is 3.03. The molecule has 1 fully saturated rings. The quantitative estimate of drug-likeness (QED) is 0.921. The van der Waals surface area contributed by atoms with Crippen molar-refractivity contribution in [2.45, 2.75) is 6.54 Å². The van der Waals surface area contributed by atoms with Gasteiger partial charge < -0.3 is 10.1 Å². The van der Waals surface area contributed by atoms with Gasteiger partial charge in [-0.15, -0.1) is 0 Å². The molecular weight excluding hydrogens is 256 g/mol. The van der Waals surface area contributed by atoms with Gasteiger partial charge in [0, 0.05) is 35.9 Å². The largest absolute Gasteiger partial charge is 0.447 e. The van der Waals surface area contributed by atoms with Gasteiger partial charge in [-0.3, -0.25) is 4.90 Å². The molecule has 1 aliphatic rings. The van der Waals surface area contributed by atoms with Crippen LogP contribution in [0.3, 0.4) is 0 Å². The molecule has 2 aromatic rings. The van der Waals surface area contributed by atoms with E-state index in [2.05, 4.69) is 15.3 Å². The van der Waals surface area contributed by atoms with Crippen molar-refractivity contribution in [1.29, 1.82) is 0 Å². The Labute approximate surface area is 116 Å². The van der Waals surface area contributed by atoms with Gasteiger partial charge >= 0.3 is 6.09 Å². The number of carbonyl (C=O) groups is 1. The molecule has 0 aliphatic carbocycles. The second-order valence-corrected chi connectivity index (χ2v) is 4.42. The molecule has 0 unspecified atom stereocenters. The second-order valence-electron chi connectivity index (χ2n) is 4.42. The van der Waals surface area contributed by atoms with Gasteiger partial charge in [0.2, 0.25) is 0 Å². The topological polar surface area (TPSA) is 67.3 Å². The molecule has 6 heteroatoms. The van der Waals surface area contributed by atoms with E-state index in [0.717, 1.165) is 16.9 Å². The number of amides is 1. The van der Waals surface area contributed by atoms with Gasteiger partial charge in [-0.25, -0.2) is 14.8 Å². The van der Waals surface area contributed by atoms with Crippen LogP contribution in [-0.2, 0) is 11.3 Å². The minimum Gasteiger partial charge on any atom is -0.447 e. The van der Waals surface area contributed by atoms with E-state index in [-0.39, 0.29) is 6.09 Å². The summed E-state index contributed by atoms with van der Waals surface area (Å²) in [6, 6.07) is 7.68. The van der Waals surface area contributed by atoms with E-state index in [0.29, 0.717) is 19.7 Å². The van der Waals surface area contributed by atoms with Gasteiger partial charge in [-0.2, -0.15) is 0 Å². The number of anilines is 2. The molecule has 102 valence electrons. The van der Waals surface area contributed by atoms with Gasteiger partial charge in [0.15, 0.2) is 0 Å². The van der Waals surface area contributed by atoms with Crippen molar-refractivity contribution in [3.63, 3.8) is 0 Å². The van der Waals surface area contributed by atoms with Crippen molar-refractivity contribution in [1.82, 2.24) is 9.97 Å². The van der Waals surface area contributed by atoms with Crippen molar-refractivity contribution in [3.8, 4) is 0 Å². The minimum absolute atomic E-state index is 0.293. The zero-order valence-electron chi connectivity index (χ0n) is 10.8. The second kappa shape index (κ2) is 5.56. The molecule has 0 spiro atoms. The fourth-order valence-electron chi connectivity index (χ4n) is 2.04. The third kappa shape index (κ3) is 2.69. The van der Waals surface area contributed by atoms with Gasteiger partial charge in [0.25, 0.3) is 0 Å². The Morgan fingerprint density at radius 1 is 1.30 bits per heavy atom. The Kier molecular flexibility index (Phi) is 3.45. The average Bonchev–Trinajstić information content (AvgIpc) is 2.93. The van der Waals surface area contributed by atoms with Crippen LogP contribution in [-0.4, -0.2) is 29.2 Å². The van der Waals surface area contributed by atoms with Crippen LogP contribution < -0.4 is 10.2 Å². The summed E-state index contributed by atoms with van der Waals surface area (Å²) in [4.78, 5) is 21.1. The third-order valence-electron chi connectivity index (χ3n) is 3.03. The zero-order valence-corrected chi connectivity index (χ0v) is 10.8. The van der Waals surface area contributed by atoms with Crippen molar-refractivity contribution >= 4 is 17.5 Å². The number of hydrogen-bond donors (Lipinski definition) is 1. The summed E-state index contributed by atoms with van der Waals surface area (Å²) in [6.07, 6.45) is 4.74. The highest BCUT2D eigenvalue weighted by molar-refractivity contribution is 5.89. The number of cyclic esters (lactones) is 1. The molecule has 1 amide bonds. The smallest absolute Gasteiger partial charge is 0.414 e.